The zero-order chi connectivity index (χ0) is 21.8. The van der Waals surface area contributed by atoms with Gasteiger partial charge in [-0.3, -0.25) is 14.6 Å². The number of aryl methyl sites for hydroxylation is 1. The molecule has 0 bridgehead atoms. The number of hydrogen-bond donors (Lipinski definition) is 2. The van der Waals surface area contributed by atoms with Crippen LogP contribution in [0.15, 0.2) is 64.1 Å². The van der Waals surface area contributed by atoms with E-state index in [2.05, 4.69) is 20.3 Å². The fourth-order valence-corrected chi connectivity index (χ4v) is 3.91. The zero-order valence-electron chi connectivity index (χ0n) is 17.2. The third kappa shape index (κ3) is 4.54. The van der Waals surface area contributed by atoms with Crippen molar-refractivity contribution in [3.05, 3.63) is 82.2 Å². The molecule has 0 saturated carbocycles. The number of fused-ring (bicyclic) bond motifs is 1. The van der Waals surface area contributed by atoms with Gasteiger partial charge >= 0.3 is 0 Å². The first-order valence-electron chi connectivity index (χ1n) is 9.86. The molecular formula is C23H22N4O3S. The Labute approximate surface area is 183 Å². The molecule has 158 valence electrons. The van der Waals surface area contributed by atoms with Gasteiger partial charge in [0.1, 0.15) is 11.4 Å². The van der Waals surface area contributed by atoms with Gasteiger partial charge in [-0.25, -0.2) is 4.98 Å². The summed E-state index contributed by atoms with van der Waals surface area (Å²) in [5, 5.41) is 3.92. The van der Waals surface area contributed by atoms with Crippen molar-refractivity contribution in [3.8, 4) is 11.4 Å². The van der Waals surface area contributed by atoms with E-state index in [9.17, 15) is 9.59 Å². The van der Waals surface area contributed by atoms with E-state index in [1.54, 1.807) is 30.2 Å². The molecule has 0 aliphatic rings. The first-order valence-corrected chi connectivity index (χ1v) is 11.3. The molecular weight excluding hydrogens is 412 g/mol. The zero-order valence-corrected chi connectivity index (χ0v) is 18.0. The lowest BCUT2D eigenvalue weighted by Crippen LogP contribution is -2.31. The van der Waals surface area contributed by atoms with Gasteiger partial charge in [0, 0.05) is 35.0 Å². The van der Waals surface area contributed by atoms with E-state index in [0.717, 1.165) is 16.7 Å². The predicted molar refractivity (Wildman–Crippen MR) is 122 cm³/mol. The maximum atomic E-state index is 13.1. The molecule has 3 heterocycles. The minimum Gasteiger partial charge on any atom is -0.451 e. The Bertz CT molecular complexity index is 1270. The number of rotatable bonds is 7. The summed E-state index contributed by atoms with van der Waals surface area (Å²) in [6.07, 6.45) is 5.90. The number of amides is 1. The smallest absolute Gasteiger partial charge is 0.287 e. The Morgan fingerprint density at radius 1 is 1.26 bits per heavy atom. The molecule has 1 amide bonds. The maximum absolute atomic E-state index is 13.1. The fraction of sp³-hybridized carbons (Fsp3) is 0.217. The standard InChI is InChI=1S/C23H22N4O3S/c1-14-16-7-3-4-8-19(16)30-21(14)23(29)26-17(9-11-31-2)18-12-20(28)27-22(25-18)15-6-5-10-24-13-15/h3-8,10,12-13,17H,9,11H2,1-2H3,(H,26,29)(H,25,27,28)/t17-/m0/s1. The lowest BCUT2D eigenvalue weighted by Gasteiger charge is -2.18. The third-order valence-electron chi connectivity index (χ3n) is 5.02. The molecule has 0 saturated heterocycles. The molecule has 0 aliphatic carbocycles. The molecule has 0 aliphatic heterocycles. The molecule has 0 spiro atoms. The van der Waals surface area contributed by atoms with Gasteiger partial charge in [0.25, 0.3) is 11.5 Å². The number of hydrogen-bond acceptors (Lipinski definition) is 6. The van der Waals surface area contributed by atoms with Gasteiger partial charge in [-0.2, -0.15) is 11.8 Å². The van der Waals surface area contributed by atoms with E-state index >= 15 is 0 Å². The number of carbonyl (C=O) groups excluding carboxylic acids is 1. The topological polar surface area (TPSA) is 101 Å². The van der Waals surface area contributed by atoms with Crippen LogP contribution in [-0.2, 0) is 0 Å². The quantitative estimate of drug-likeness (QED) is 0.454. The lowest BCUT2D eigenvalue weighted by atomic mass is 10.1. The molecule has 2 N–H and O–H groups in total. The van der Waals surface area contributed by atoms with Crippen molar-refractivity contribution in [2.45, 2.75) is 19.4 Å². The van der Waals surface area contributed by atoms with Crippen molar-refractivity contribution >= 4 is 28.6 Å². The average molecular weight is 435 g/mol. The number of furan rings is 1. The summed E-state index contributed by atoms with van der Waals surface area (Å²) in [5.74, 6) is 1.15. The second-order valence-electron chi connectivity index (χ2n) is 7.12. The number of aromatic amines is 1. The summed E-state index contributed by atoms with van der Waals surface area (Å²) >= 11 is 1.66. The highest BCUT2D eigenvalue weighted by Crippen LogP contribution is 2.26. The first-order chi connectivity index (χ1) is 15.1. The molecule has 31 heavy (non-hydrogen) atoms. The Hall–Kier alpha value is -3.39. The highest BCUT2D eigenvalue weighted by Gasteiger charge is 2.23. The van der Waals surface area contributed by atoms with E-state index in [4.69, 9.17) is 4.42 Å². The molecule has 4 rings (SSSR count). The summed E-state index contributed by atoms with van der Waals surface area (Å²) in [6, 6.07) is 12.1. The summed E-state index contributed by atoms with van der Waals surface area (Å²) in [4.78, 5) is 36.9. The number of nitrogens with one attached hydrogen (secondary N) is 2. The number of carbonyl (C=O) groups is 1. The van der Waals surface area contributed by atoms with Crippen LogP contribution >= 0.6 is 11.8 Å². The van der Waals surface area contributed by atoms with Crippen LogP contribution in [-0.4, -0.2) is 32.9 Å². The number of nitrogens with zero attached hydrogens (tertiary/aromatic N) is 2. The molecule has 8 heteroatoms. The second kappa shape index (κ2) is 9.18. The highest BCUT2D eigenvalue weighted by molar-refractivity contribution is 7.98. The highest BCUT2D eigenvalue weighted by atomic mass is 32.2. The summed E-state index contributed by atoms with van der Waals surface area (Å²) in [5.41, 5.74) is 2.36. The SMILES string of the molecule is CSCC[C@H](NC(=O)c1oc2ccccc2c1C)c1cc(=O)[nH]c(-c2cccnc2)n1. The van der Waals surface area contributed by atoms with Crippen LogP contribution < -0.4 is 10.9 Å². The van der Waals surface area contributed by atoms with Gasteiger partial charge in [0.15, 0.2) is 5.76 Å². The number of benzene rings is 1. The van der Waals surface area contributed by atoms with Crippen LogP contribution in [0.5, 0.6) is 0 Å². The van der Waals surface area contributed by atoms with Crippen LogP contribution in [0.3, 0.4) is 0 Å². The van der Waals surface area contributed by atoms with Crippen molar-refractivity contribution in [2.24, 2.45) is 0 Å². The molecule has 1 atom stereocenters. The number of thioether (sulfide) groups is 1. The second-order valence-corrected chi connectivity index (χ2v) is 8.11. The van der Waals surface area contributed by atoms with E-state index in [-0.39, 0.29) is 17.2 Å². The van der Waals surface area contributed by atoms with E-state index in [1.165, 1.54) is 6.07 Å². The minimum atomic E-state index is -0.440. The third-order valence-corrected chi connectivity index (χ3v) is 5.66. The van der Waals surface area contributed by atoms with Crippen LogP contribution in [0.1, 0.15) is 34.3 Å². The van der Waals surface area contributed by atoms with Crippen molar-refractivity contribution in [1.29, 1.82) is 0 Å². The number of pyridine rings is 1. The molecule has 1 aromatic carbocycles. The van der Waals surface area contributed by atoms with Gasteiger partial charge in [-0.15, -0.1) is 0 Å². The molecule has 0 unspecified atom stereocenters. The van der Waals surface area contributed by atoms with E-state index in [0.29, 0.717) is 29.1 Å². The predicted octanol–water partition coefficient (Wildman–Crippen LogP) is 4.11. The van der Waals surface area contributed by atoms with Crippen LogP contribution in [0.25, 0.3) is 22.4 Å². The van der Waals surface area contributed by atoms with E-state index in [1.807, 2.05) is 43.5 Å². The molecule has 3 aromatic heterocycles. The minimum absolute atomic E-state index is 0.271. The number of aromatic nitrogens is 3. The van der Waals surface area contributed by atoms with Gasteiger partial charge in [-0.05, 0) is 43.6 Å². The molecule has 0 radical (unpaired) electrons. The summed E-state index contributed by atoms with van der Waals surface area (Å²) < 4.78 is 5.80. The maximum Gasteiger partial charge on any atom is 0.287 e. The molecule has 4 aromatic rings. The Balaban J connectivity index is 1.67. The van der Waals surface area contributed by atoms with Gasteiger partial charge < -0.3 is 14.7 Å². The normalized spacial score (nSPS) is 12.1. The Morgan fingerprint density at radius 3 is 2.84 bits per heavy atom. The summed E-state index contributed by atoms with van der Waals surface area (Å²) in [6.45, 7) is 1.86. The van der Waals surface area contributed by atoms with Crippen LogP contribution in [0.4, 0.5) is 0 Å². The van der Waals surface area contributed by atoms with Gasteiger partial charge in [-0.1, -0.05) is 18.2 Å². The largest absolute Gasteiger partial charge is 0.451 e. The first kappa shape index (κ1) is 20.9. The average Bonchev–Trinajstić information content (AvgIpc) is 3.13. The Kier molecular flexibility index (Phi) is 6.18. The van der Waals surface area contributed by atoms with Crippen molar-refractivity contribution in [2.75, 3.05) is 12.0 Å². The monoisotopic (exact) mass is 434 g/mol. The van der Waals surface area contributed by atoms with Crippen LogP contribution in [0.2, 0.25) is 0 Å². The van der Waals surface area contributed by atoms with Crippen molar-refractivity contribution in [3.63, 3.8) is 0 Å². The lowest BCUT2D eigenvalue weighted by molar-refractivity contribution is 0.0908. The summed E-state index contributed by atoms with van der Waals surface area (Å²) in [7, 11) is 0. The van der Waals surface area contributed by atoms with Gasteiger partial charge in [0.05, 0.1) is 11.7 Å². The Morgan fingerprint density at radius 2 is 2.10 bits per heavy atom. The van der Waals surface area contributed by atoms with Crippen LogP contribution in [0, 0.1) is 6.92 Å². The van der Waals surface area contributed by atoms with E-state index < -0.39 is 6.04 Å². The van der Waals surface area contributed by atoms with Crippen molar-refractivity contribution < 1.29 is 9.21 Å². The number of H-pyrrole nitrogens is 1. The van der Waals surface area contributed by atoms with Gasteiger partial charge in [0.2, 0.25) is 0 Å². The van der Waals surface area contributed by atoms with Crippen molar-refractivity contribution in [1.82, 2.24) is 20.3 Å². The fourth-order valence-electron chi connectivity index (χ4n) is 3.44. The number of para-hydroxylation sites is 1. The molecule has 0 fully saturated rings. The molecule has 7 nitrogen and oxygen atoms in total.